The van der Waals surface area contributed by atoms with Crippen molar-refractivity contribution in [3.8, 4) is 0 Å². The summed E-state index contributed by atoms with van der Waals surface area (Å²) in [5, 5.41) is 8.87. The summed E-state index contributed by atoms with van der Waals surface area (Å²) in [4.78, 5) is 13.0. The van der Waals surface area contributed by atoms with Gasteiger partial charge in [0, 0.05) is 6.54 Å². The quantitative estimate of drug-likeness (QED) is 0.693. The van der Waals surface area contributed by atoms with Crippen LogP contribution in [0.15, 0.2) is 0 Å². The van der Waals surface area contributed by atoms with Crippen molar-refractivity contribution in [1.29, 1.82) is 0 Å². The predicted octanol–water partition coefficient (Wildman–Crippen LogP) is 1.19. The Morgan fingerprint density at radius 3 is 2.33 bits per heavy atom. The van der Waals surface area contributed by atoms with Crippen molar-refractivity contribution in [1.82, 2.24) is 4.90 Å². The largest absolute Gasteiger partial charge is 0.481 e. The fourth-order valence-electron chi connectivity index (χ4n) is 1.57. The summed E-state index contributed by atoms with van der Waals surface area (Å²) in [5.41, 5.74) is -0.593. The van der Waals surface area contributed by atoms with Crippen LogP contribution in [0.1, 0.15) is 26.7 Å². The zero-order chi connectivity index (χ0) is 9.19. The van der Waals surface area contributed by atoms with Crippen LogP contribution < -0.4 is 0 Å². The Bertz CT molecular complexity index is 171. The van der Waals surface area contributed by atoms with Crippen LogP contribution in [0, 0.1) is 5.41 Å². The molecule has 0 amide bonds. The molecule has 3 heteroatoms. The molecule has 0 aromatic heterocycles. The predicted molar refractivity (Wildman–Crippen MR) is 47.1 cm³/mol. The van der Waals surface area contributed by atoms with Gasteiger partial charge < -0.3 is 10.0 Å². The van der Waals surface area contributed by atoms with Crippen LogP contribution in [0.4, 0.5) is 0 Å². The molecule has 0 aromatic rings. The lowest BCUT2D eigenvalue weighted by molar-refractivity contribution is -0.147. The standard InChI is InChI=1S/C9H17NO2/c1-9(2,8(11)12)7-10-5-3-4-6-10/h3-7H2,1-2H3,(H,11,12). The second kappa shape index (κ2) is 3.44. The molecular formula is C9H17NO2. The highest BCUT2D eigenvalue weighted by atomic mass is 16.4. The third-order valence-electron chi connectivity index (χ3n) is 2.40. The monoisotopic (exact) mass is 171 g/mol. The Kier molecular flexibility index (Phi) is 2.73. The molecular weight excluding hydrogens is 154 g/mol. The maximum atomic E-state index is 10.8. The lowest BCUT2D eigenvalue weighted by Crippen LogP contribution is -2.37. The van der Waals surface area contributed by atoms with Gasteiger partial charge in [-0.25, -0.2) is 0 Å². The van der Waals surface area contributed by atoms with Gasteiger partial charge in [-0.2, -0.15) is 0 Å². The Balaban J connectivity index is 2.42. The molecule has 0 atom stereocenters. The highest BCUT2D eigenvalue weighted by Gasteiger charge is 2.30. The molecule has 1 aliphatic rings. The number of aliphatic carboxylic acids is 1. The van der Waals surface area contributed by atoms with Gasteiger partial charge in [-0.1, -0.05) is 0 Å². The van der Waals surface area contributed by atoms with Crippen LogP contribution in [-0.4, -0.2) is 35.6 Å². The summed E-state index contributed by atoms with van der Waals surface area (Å²) in [5.74, 6) is -0.700. The molecule has 1 rings (SSSR count). The number of nitrogens with zero attached hydrogens (tertiary/aromatic N) is 1. The van der Waals surface area contributed by atoms with E-state index < -0.39 is 11.4 Å². The number of hydrogen-bond acceptors (Lipinski definition) is 2. The molecule has 3 nitrogen and oxygen atoms in total. The zero-order valence-corrected chi connectivity index (χ0v) is 7.84. The van der Waals surface area contributed by atoms with Crippen molar-refractivity contribution < 1.29 is 9.90 Å². The van der Waals surface area contributed by atoms with E-state index in [4.69, 9.17) is 5.11 Å². The maximum Gasteiger partial charge on any atom is 0.310 e. The van der Waals surface area contributed by atoms with E-state index in [-0.39, 0.29) is 0 Å². The summed E-state index contributed by atoms with van der Waals surface area (Å²) in [6.07, 6.45) is 2.44. The molecule has 1 N–H and O–H groups in total. The van der Waals surface area contributed by atoms with Crippen molar-refractivity contribution in [3.05, 3.63) is 0 Å². The van der Waals surface area contributed by atoms with Gasteiger partial charge in [0.05, 0.1) is 5.41 Å². The van der Waals surface area contributed by atoms with Crippen molar-refractivity contribution in [2.75, 3.05) is 19.6 Å². The van der Waals surface area contributed by atoms with E-state index in [0.717, 1.165) is 13.1 Å². The molecule has 0 unspecified atom stereocenters. The van der Waals surface area contributed by atoms with Crippen molar-refractivity contribution in [2.45, 2.75) is 26.7 Å². The van der Waals surface area contributed by atoms with E-state index in [9.17, 15) is 4.79 Å². The van der Waals surface area contributed by atoms with Crippen LogP contribution in [0.5, 0.6) is 0 Å². The molecule has 1 saturated heterocycles. The van der Waals surface area contributed by atoms with Gasteiger partial charge in [0.15, 0.2) is 0 Å². The number of likely N-dealkylation sites (tertiary alicyclic amines) is 1. The van der Waals surface area contributed by atoms with E-state index >= 15 is 0 Å². The maximum absolute atomic E-state index is 10.8. The van der Waals surface area contributed by atoms with Crippen LogP contribution in [0.2, 0.25) is 0 Å². The minimum Gasteiger partial charge on any atom is -0.481 e. The number of hydrogen-bond donors (Lipinski definition) is 1. The Hall–Kier alpha value is -0.570. The average Bonchev–Trinajstić information content (AvgIpc) is 2.38. The summed E-state index contributed by atoms with van der Waals surface area (Å²) >= 11 is 0. The van der Waals surface area contributed by atoms with E-state index in [2.05, 4.69) is 4.90 Å². The smallest absolute Gasteiger partial charge is 0.310 e. The minimum absolute atomic E-state index is 0.593. The molecule has 0 spiro atoms. The molecule has 12 heavy (non-hydrogen) atoms. The number of rotatable bonds is 3. The highest BCUT2D eigenvalue weighted by Crippen LogP contribution is 2.20. The highest BCUT2D eigenvalue weighted by molar-refractivity contribution is 5.73. The normalized spacial score (nSPS) is 19.8. The van der Waals surface area contributed by atoms with Crippen LogP contribution in [-0.2, 0) is 4.79 Å². The van der Waals surface area contributed by atoms with Gasteiger partial charge in [0.25, 0.3) is 0 Å². The summed E-state index contributed by atoms with van der Waals surface area (Å²) in [7, 11) is 0. The first-order chi connectivity index (χ1) is 5.52. The Morgan fingerprint density at radius 2 is 1.92 bits per heavy atom. The van der Waals surface area contributed by atoms with Crippen LogP contribution in [0.3, 0.4) is 0 Å². The Morgan fingerprint density at radius 1 is 1.42 bits per heavy atom. The van der Waals surface area contributed by atoms with Crippen molar-refractivity contribution in [2.24, 2.45) is 5.41 Å². The SMILES string of the molecule is CC(C)(CN1CCCC1)C(=O)O. The molecule has 0 radical (unpaired) electrons. The first kappa shape index (κ1) is 9.52. The van der Waals surface area contributed by atoms with E-state index in [1.54, 1.807) is 13.8 Å². The third kappa shape index (κ3) is 2.21. The Labute approximate surface area is 73.4 Å². The fraction of sp³-hybridized carbons (Fsp3) is 0.889. The number of carboxylic acid groups (broad SMARTS) is 1. The van der Waals surface area contributed by atoms with Gasteiger partial charge in [0.1, 0.15) is 0 Å². The number of carbonyl (C=O) groups is 1. The molecule has 1 aliphatic heterocycles. The first-order valence-corrected chi connectivity index (χ1v) is 4.48. The van der Waals surface area contributed by atoms with Crippen molar-refractivity contribution >= 4 is 5.97 Å². The van der Waals surface area contributed by atoms with Gasteiger partial charge in [-0.05, 0) is 39.8 Å². The van der Waals surface area contributed by atoms with E-state index in [1.165, 1.54) is 12.8 Å². The van der Waals surface area contributed by atoms with Gasteiger partial charge in [0.2, 0.25) is 0 Å². The molecule has 70 valence electrons. The topological polar surface area (TPSA) is 40.5 Å². The average molecular weight is 171 g/mol. The molecule has 0 bridgehead atoms. The fourth-order valence-corrected chi connectivity index (χ4v) is 1.57. The second-order valence-corrected chi connectivity index (χ2v) is 4.17. The van der Waals surface area contributed by atoms with E-state index in [0.29, 0.717) is 6.54 Å². The summed E-state index contributed by atoms with van der Waals surface area (Å²) in [6, 6.07) is 0. The molecule has 1 fully saturated rings. The molecule has 0 aliphatic carbocycles. The second-order valence-electron chi connectivity index (χ2n) is 4.17. The third-order valence-corrected chi connectivity index (χ3v) is 2.40. The molecule has 0 saturated carbocycles. The first-order valence-electron chi connectivity index (χ1n) is 4.48. The van der Waals surface area contributed by atoms with Gasteiger partial charge >= 0.3 is 5.97 Å². The van der Waals surface area contributed by atoms with E-state index in [1.807, 2.05) is 0 Å². The summed E-state index contributed by atoms with van der Waals surface area (Å²) in [6.45, 7) is 6.39. The lowest BCUT2D eigenvalue weighted by atomic mass is 9.93. The van der Waals surface area contributed by atoms with Gasteiger partial charge in [-0.3, -0.25) is 4.79 Å². The minimum atomic E-state index is -0.700. The lowest BCUT2D eigenvalue weighted by Gasteiger charge is -2.25. The van der Waals surface area contributed by atoms with Crippen LogP contribution >= 0.6 is 0 Å². The number of carboxylic acids is 1. The van der Waals surface area contributed by atoms with Crippen molar-refractivity contribution in [3.63, 3.8) is 0 Å². The molecule has 0 aromatic carbocycles. The van der Waals surface area contributed by atoms with Crippen LogP contribution in [0.25, 0.3) is 0 Å². The molecule has 1 heterocycles. The zero-order valence-electron chi connectivity index (χ0n) is 7.84. The van der Waals surface area contributed by atoms with Gasteiger partial charge in [-0.15, -0.1) is 0 Å². The summed E-state index contributed by atoms with van der Waals surface area (Å²) < 4.78 is 0.